The standard InChI is InChI=1S/C27H33Cl2N5O3/c1-19(2)30-27(36)33(12-11-32-13-15-37-16-14-32)18-26(35)34-25(21-8-4-6-10-23(21)29)17-24(31-34)20-7-3-5-9-22(20)28/h3-10,19,25H,11-18H2,1-2H3,(H,30,36)/t25-/m1/s1. The Labute approximate surface area is 228 Å². The van der Waals surface area contributed by atoms with Crippen molar-refractivity contribution in [3.05, 3.63) is 69.7 Å². The van der Waals surface area contributed by atoms with Crippen LogP contribution in [-0.4, -0.2) is 84.4 Å². The summed E-state index contributed by atoms with van der Waals surface area (Å²) in [6.45, 7) is 7.71. The molecular weight excluding hydrogens is 513 g/mol. The molecule has 8 nitrogen and oxygen atoms in total. The maximum Gasteiger partial charge on any atom is 0.318 e. The highest BCUT2D eigenvalue weighted by atomic mass is 35.5. The van der Waals surface area contributed by atoms with Crippen molar-refractivity contribution in [3.8, 4) is 0 Å². The first kappa shape index (κ1) is 27.4. The average Bonchev–Trinajstić information content (AvgIpc) is 3.32. The van der Waals surface area contributed by atoms with E-state index in [0.29, 0.717) is 48.5 Å². The van der Waals surface area contributed by atoms with Crippen LogP contribution in [0.4, 0.5) is 4.79 Å². The molecule has 0 aliphatic carbocycles. The summed E-state index contributed by atoms with van der Waals surface area (Å²) in [5.74, 6) is -0.284. The lowest BCUT2D eigenvalue weighted by molar-refractivity contribution is -0.133. The molecule has 1 fully saturated rings. The summed E-state index contributed by atoms with van der Waals surface area (Å²) >= 11 is 13.0. The summed E-state index contributed by atoms with van der Waals surface area (Å²) in [6, 6.07) is 14.2. The van der Waals surface area contributed by atoms with Gasteiger partial charge in [-0.25, -0.2) is 9.80 Å². The van der Waals surface area contributed by atoms with E-state index >= 15 is 0 Å². The van der Waals surface area contributed by atoms with Crippen LogP contribution in [-0.2, 0) is 9.53 Å². The number of rotatable bonds is 8. The second kappa shape index (κ2) is 12.7. The predicted molar refractivity (Wildman–Crippen MR) is 146 cm³/mol. The first-order chi connectivity index (χ1) is 17.8. The molecule has 0 spiro atoms. The lowest BCUT2D eigenvalue weighted by atomic mass is 9.98. The molecule has 10 heteroatoms. The molecular formula is C27H33Cl2N5O3. The van der Waals surface area contributed by atoms with Gasteiger partial charge in [-0.05, 0) is 31.5 Å². The number of hydrogen-bond acceptors (Lipinski definition) is 5. The molecule has 0 radical (unpaired) electrons. The van der Waals surface area contributed by atoms with Crippen LogP contribution in [0.1, 0.15) is 37.4 Å². The molecule has 0 bridgehead atoms. The van der Waals surface area contributed by atoms with E-state index in [1.165, 1.54) is 5.01 Å². The maximum absolute atomic E-state index is 13.7. The summed E-state index contributed by atoms with van der Waals surface area (Å²) in [7, 11) is 0. The van der Waals surface area contributed by atoms with Crippen molar-refractivity contribution < 1.29 is 14.3 Å². The van der Waals surface area contributed by atoms with Crippen molar-refractivity contribution >= 4 is 40.9 Å². The van der Waals surface area contributed by atoms with Crippen molar-refractivity contribution in [1.82, 2.24) is 20.1 Å². The Morgan fingerprint density at radius 2 is 1.76 bits per heavy atom. The Hall–Kier alpha value is -2.65. The molecule has 4 rings (SSSR count). The second-order valence-electron chi connectivity index (χ2n) is 9.49. The van der Waals surface area contributed by atoms with Gasteiger partial charge in [0.05, 0.1) is 25.0 Å². The molecule has 2 aliphatic rings. The SMILES string of the molecule is CC(C)NC(=O)N(CCN1CCOCC1)CC(=O)N1N=C(c2ccccc2Cl)C[C@@H]1c1ccccc1Cl. The van der Waals surface area contributed by atoms with Crippen molar-refractivity contribution in [1.29, 1.82) is 0 Å². The number of amides is 3. The van der Waals surface area contributed by atoms with E-state index in [2.05, 4.69) is 10.2 Å². The number of benzene rings is 2. The molecule has 3 amide bonds. The third-order valence-corrected chi connectivity index (χ3v) is 7.10. The molecule has 1 saturated heterocycles. The van der Waals surface area contributed by atoms with Crippen LogP contribution in [0.3, 0.4) is 0 Å². The molecule has 2 aromatic rings. The minimum atomic E-state index is -0.401. The molecule has 0 aromatic heterocycles. The van der Waals surface area contributed by atoms with Gasteiger partial charge in [0.15, 0.2) is 0 Å². The summed E-state index contributed by atoms with van der Waals surface area (Å²) in [4.78, 5) is 30.6. The Morgan fingerprint density at radius 1 is 1.08 bits per heavy atom. The van der Waals surface area contributed by atoms with Gasteiger partial charge in [0.2, 0.25) is 0 Å². The van der Waals surface area contributed by atoms with Crippen molar-refractivity contribution in [2.45, 2.75) is 32.4 Å². The zero-order valence-corrected chi connectivity index (χ0v) is 22.7. The van der Waals surface area contributed by atoms with E-state index in [-0.39, 0.29) is 24.5 Å². The maximum atomic E-state index is 13.7. The lowest BCUT2D eigenvalue weighted by Gasteiger charge is -2.31. The van der Waals surface area contributed by atoms with Crippen LogP contribution in [0.25, 0.3) is 0 Å². The smallest absolute Gasteiger partial charge is 0.318 e. The third-order valence-electron chi connectivity index (χ3n) is 6.43. The fraction of sp³-hybridized carbons (Fsp3) is 0.444. The van der Waals surface area contributed by atoms with Gasteiger partial charge >= 0.3 is 6.03 Å². The van der Waals surface area contributed by atoms with Crippen LogP contribution >= 0.6 is 23.2 Å². The topological polar surface area (TPSA) is 77.5 Å². The van der Waals surface area contributed by atoms with E-state index in [1.54, 1.807) is 17.0 Å². The number of urea groups is 1. The van der Waals surface area contributed by atoms with E-state index in [0.717, 1.165) is 24.2 Å². The van der Waals surface area contributed by atoms with Gasteiger partial charge in [0, 0.05) is 54.3 Å². The lowest BCUT2D eigenvalue weighted by Crippen LogP contribution is -2.50. The minimum absolute atomic E-state index is 0.0546. The first-order valence-electron chi connectivity index (χ1n) is 12.6. The van der Waals surface area contributed by atoms with Gasteiger partial charge in [-0.3, -0.25) is 9.69 Å². The van der Waals surface area contributed by atoms with E-state index in [1.807, 2.05) is 50.2 Å². The summed E-state index contributed by atoms with van der Waals surface area (Å²) in [5, 5.41) is 10.2. The van der Waals surface area contributed by atoms with Crippen LogP contribution < -0.4 is 5.32 Å². The van der Waals surface area contributed by atoms with E-state index < -0.39 is 6.04 Å². The first-order valence-corrected chi connectivity index (χ1v) is 13.3. The van der Waals surface area contributed by atoms with E-state index in [4.69, 9.17) is 33.0 Å². The molecule has 1 N–H and O–H groups in total. The van der Waals surface area contributed by atoms with Crippen LogP contribution in [0.15, 0.2) is 53.6 Å². The minimum Gasteiger partial charge on any atom is -0.379 e. The largest absolute Gasteiger partial charge is 0.379 e. The van der Waals surface area contributed by atoms with Crippen molar-refractivity contribution in [3.63, 3.8) is 0 Å². The number of nitrogens with zero attached hydrogens (tertiary/aromatic N) is 4. The molecule has 1 atom stereocenters. The fourth-order valence-corrected chi connectivity index (χ4v) is 5.01. The Kier molecular flexibility index (Phi) is 9.43. The number of carbonyl (C=O) groups is 2. The van der Waals surface area contributed by atoms with Gasteiger partial charge in [0.25, 0.3) is 5.91 Å². The van der Waals surface area contributed by atoms with Gasteiger partial charge in [-0.2, -0.15) is 5.10 Å². The van der Waals surface area contributed by atoms with Crippen molar-refractivity contribution in [2.75, 3.05) is 45.9 Å². The highest BCUT2D eigenvalue weighted by Crippen LogP contribution is 2.37. The quantitative estimate of drug-likeness (QED) is 0.532. The van der Waals surface area contributed by atoms with Crippen molar-refractivity contribution in [2.24, 2.45) is 5.10 Å². The molecule has 2 aliphatic heterocycles. The zero-order chi connectivity index (χ0) is 26.4. The summed E-state index contributed by atoms with van der Waals surface area (Å²) < 4.78 is 5.43. The molecule has 2 heterocycles. The molecule has 37 heavy (non-hydrogen) atoms. The zero-order valence-electron chi connectivity index (χ0n) is 21.2. The molecule has 198 valence electrons. The number of hydrazone groups is 1. The van der Waals surface area contributed by atoms with Crippen LogP contribution in [0.2, 0.25) is 10.0 Å². The number of morpholine rings is 1. The number of nitrogens with one attached hydrogen (secondary N) is 1. The monoisotopic (exact) mass is 545 g/mol. The normalized spacial score (nSPS) is 18.1. The highest BCUT2D eigenvalue weighted by molar-refractivity contribution is 6.34. The number of hydrogen-bond donors (Lipinski definition) is 1. The summed E-state index contributed by atoms with van der Waals surface area (Å²) in [6.07, 6.45) is 0.463. The van der Waals surface area contributed by atoms with Gasteiger partial charge in [0.1, 0.15) is 6.54 Å². The average molecular weight is 546 g/mol. The van der Waals surface area contributed by atoms with Crippen LogP contribution in [0, 0.1) is 0 Å². The molecule has 0 saturated carbocycles. The van der Waals surface area contributed by atoms with Crippen LogP contribution in [0.5, 0.6) is 0 Å². The predicted octanol–water partition coefficient (Wildman–Crippen LogP) is 4.42. The molecule has 0 unspecified atom stereocenters. The number of carbonyl (C=O) groups excluding carboxylic acids is 2. The number of halogens is 2. The molecule has 2 aromatic carbocycles. The van der Waals surface area contributed by atoms with Gasteiger partial charge in [-0.1, -0.05) is 59.6 Å². The third kappa shape index (κ3) is 7.02. The summed E-state index contributed by atoms with van der Waals surface area (Å²) in [5.41, 5.74) is 2.28. The Bertz CT molecular complexity index is 1140. The van der Waals surface area contributed by atoms with Gasteiger partial charge < -0.3 is 15.0 Å². The Balaban J connectivity index is 1.58. The van der Waals surface area contributed by atoms with Gasteiger partial charge in [-0.15, -0.1) is 0 Å². The fourth-order valence-electron chi connectivity index (χ4n) is 4.50. The second-order valence-corrected chi connectivity index (χ2v) is 10.3. The van der Waals surface area contributed by atoms with E-state index in [9.17, 15) is 9.59 Å². The Morgan fingerprint density at radius 3 is 2.43 bits per heavy atom. The number of ether oxygens (including phenoxy) is 1. The highest BCUT2D eigenvalue weighted by Gasteiger charge is 2.36.